The van der Waals surface area contributed by atoms with Crippen molar-refractivity contribution >= 4 is 39.9 Å². The van der Waals surface area contributed by atoms with Gasteiger partial charge in [-0.2, -0.15) is 0 Å². The number of H-pyrrole nitrogens is 1. The third-order valence-corrected chi connectivity index (χ3v) is 7.32. The molecule has 2 aromatic heterocycles. The van der Waals surface area contributed by atoms with Crippen LogP contribution in [0.25, 0.3) is 22.4 Å². The highest BCUT2D eigenvalue weighted by molar-refractivity contribution is 7.12. The number of nitrogens with one attached hydrogen (secondary N) is 2. The first-order chi connectivity index (χ1) is 16.0. The van der Waals surface area contributed by atoms with E-state index in [9.17, 15) is 9.59 Å². The van der Waals surface area contributed by atoms with Gasteiger partial charge in [0, 0.05) is 17.7 Å². The van der Waals surface area contributed by atoms with Gasteiger partial charge in [-0.05, 0) is 72.7 Å². The molecule has 1 aliphatic carbocycles. The molecule has 0 bridgehead atoms. The predicted octanol–water partition coefficient (Wildman–Crippen LogP) is 6.29. The van der Waals surface area contributed by atoms with Gasteiger partial charge in [-0.15, -0.1) is 11.3 Å². The Balaban J connectivity index is 1.27. The summed E-state index contributed by atoms with van der Waals surface area (Å²) in [4.78, 5) is 32.0. The number of anilines is 1. The van der Waals surface area contributed by atoms with Crippen LogP contribution >= 0.6 is 11.3 Å². The Hall–Kier alpha value is -3.45. The standard InChI is InChI=1S/C26H25N3O3S/c30-24(31)14-16-3-5-17(6-4-16)18-7-9-19(10-8-18)25-28-21-12-11-20(15-22(21)29-25)27-26(32)23-2-1-13-33-23/h1-2,7-13,15-17H,3-6,14H2,(H,27,32)(H,28,29)(H,30,31). The van der Waals surface area contributed by atoms with Crippen LogP contribution in [0.4, 0.5) is 5.69 Å². The second-order valence-electron chi connectivity index (χ2n) is 8.69. The average molecular weight is 460 g/mol. The molecule has 33 heavy (non-hydrogen) atoms. The van der Waals surface area contributed by atoms with E-state index in [1.807, 2.05) is 29.6 Å². The van der Waals surface area contributed by atoms with Crippen LogP contribution in [0.3, 0.4) is 0 Å². The summed E-state index contributed by atoms with van der Waals surface area (Å²) in [6, 6.07) is 17.9. The number of imidazole rings is 1. The molecule has 7 heteroatoms. The fraction of sp³-hybridized carbons (Fsp3) is 0.269. The van der Waals surface area contributed by atoms with E-state index in [0.29, 0.717) is 16.7 Å². The van der Waals surface area contributed by atoms with E-state index in [1.165, 1.54) is 16.9 Å². The molecular weight excluding hydrogens is 434 g/mol. The number of carboxylic acid groups (broad SMARTS) is 1. The molecule has 2 heterocycles. The molecule has 4 aromatic rings. The first-order valence-electron chi connectivity index (χ1n) is 11.2. The summed E-state index contributed by atoms with van der Waals surface area (Å²) in [6.07, 6.45) is 4.34. The molecule has 5 rings (SSSR count). The van der Waals surface area contributed by atoms with Crippen LogP contribution in [0.5, 0.6) is 0 Å². The smallest absolute Gasteiger partial charge is 0.303 e. The van der Waals surface area contributed by atoms with E-state index in [2.05, 4.69) is 34.6 Å². The quantitative estimate of drug-likeness (QED) is 0.316. The van der Waals surface area contributed by atoms with Crippen molar-refractivity contribution < 1.29 is 14.7 Å². The second kappa shape index (κ2) is 9.19. The molecule has 1 saturated carbocycles. The van der Waals surface area contributed by atoms with Gasteiger partial charge in [0.15, 0.2) is 0 Å². The maximum Gasteiger partial charge on any atom is 0.303 e. The van der Waals surface area contributed by atoms with Crippen molar-refractivity contribution in [3.05, 3.63) is 70.4 Å². The second-order valence-corrected chi connectivity index (χ2v) is 9.63. The summed E-state index contributed by atoms with van der Waals surface area (Å²) < 4.78 is 0. The highest BCUT2D eigenvalue weighted by Gasteiger charge is 2.24. The van der Waals surface area contributed by atoms with Gasteiger partial charge in [-0.1, -0.05) is 30.3 Å². The molecule has 1 fully saturated rings. The maximum atomic E-state index is 12.3. The lowest BCUT2D eigenvalue weighted by Gasteiger charge is -2.28. The first kappa shape index (κ1) is 21.4. The minimum absolute atomic E-state index is 0.114. The number of aromatic amines is 1. The Morgan fingerprint density at radius 1 is 1.06 bits per heavy atom. The molecule has 3 N–H and O–H groups in total. The lowest BCUT2D eigenvalue weighted by molar-refractivity contribution is -0.138. The number of nitrogens with zero attached hydrogens (tertiary/aromatic N) is 1. The summed E-state index contributed by atoms with van der Waals surface area (Å²) in [7, 11) is 0. The monoisotopic (exact) mass is 459 g/mol. The van der Waals surface area contributed by atoms with Crippen molar-refractivity contribution in [2.45, 2.75) is 38.0 Å². The van der Waals surface area contributed by atoms with Gasteiger partial charge >= 0.3 is 5.97 Å². The Morgan fingerprint density at radius 2 is 1.85 bits per heavy atom. The van der Waals surface area contributed by atoms with Gasteiger partial charge < -0.3 is 15.4 Å². The van der Waals surface area contributed by atoms with Crippen molar-refractivity contribution in [3.8, 4) is 11.4 Å². The van der Waals surface area contributed by atoms with Gasteiger partial charge in [0.1, 0.15) is 5.82 Å². The number of amides is 1. The van der Waals surface area contributed by atoms with Crippen LogP contribution in [0, 0.1) is 5.92 Å². The molecule has 0 radical (unpaired) electrons. The Morgan fingerprint density at radius 3 is 2.55 bits per heavy atom. The Kier molecular flexibility index (Phi) is 5.96. The SMILES string of the molecule is O=C(O)CC1CCC(c2ccc(-c3nc4ccc(NC(=O)c5cccs5)cc4[nH]3)cc2)CC1. The number of rotatable bonds is 6. The first-order valence-corrected chi connectivity index (χ1v) is 12.1. The summed E-state index contributed by atoms with van der Waals surface area (Å²) >= 11 is 1.41. The summed E-state index contributed by atoms with van der Waals surface area (Å²) in [5.74, 6) is 0.800. The third kappa shape index (κ3) is 4.83. The lowest BCUT2D eigenvalue weighted by atomic mass is 9.77. The number of carboxylic acids is 1. The Labute approximate surface area is 195 Å². The number of fused-ring (bicyclic) bond motifs is 1. The number of hydrogen-bond acceptors (Lipinski definition) is 4. The minimum Gasteiger partial charge on any atom is -0.481 e. The van der Waals surface area contributed by atoms with Gasteiger partial charge in [0.2, 0.25) is 0 Å². The van der Waals surface area contributed by atoms with Crippen molar-refractivity contribution in [1.29, 1.82) is 0 Å². The highest BCUT2D eigenvalue weighted by Crippen LogP contribution is 2.37. The Bertz CT molecular complexity index is 1270. The number of aliphatic carboxylic acids is 1. The van der Waals surface area contributed by atoms with Crippen LogP contribution in [0.2, 0.25) is 0 Å². The molecule has 1 aliphatic rings. The van der Waals surface area contributed by atoms with Crippen LogP contribution in [0.15, 0.2) is 60.0 Å². The molecule has 0 spiro atoms. The van der Waals surface area contributed by atoms with Crippen LogP contribution < -0.4 is 5.32 Å². The predicted molar refractivity (Wildman–Crippen MR) is 131 cm³/mol. The van der Waals surface area contributed by atoms with E-state index in [1.54, 1.807) is 6.07 Å². The van der Waals surface area contributed by atoms with Crippen molar-refractivity contribution in [2.75, 3.05) is 5.32 Å². The lowest BCUT2D eigenvalue weighted by Crippen LogP contribution is -2.16. The van der Waals surface area contributed by atoms with Crippen molar-refractivity contribution in [3.63, 3.8) is 0 Å². The largest absolute Gasteiger partial charge is 0.481 e. The molecule has 0 atom stereocenters. The summed E-state index contributed by atoms with van der Waals surface area (Å²) in [5, 5.41) is 13.8. The number of thiophene rings is 1. The van der Waals surface area contributed by atoms with Crippen LogP contribution in [-0.4, -0.2) is 27.0 Å². The minimum atomic E-state index is -0.689. The van der Waals surface area contributed by atoms with E-state index in [0.717, 1.165) is 53.8 Å². The maximum absolute atomic E-state index is 12.3. The van der Waals surface area contributed by atoms with E-state index in [-0.39, 0.29) is 12.3 Å². The molecule has 0 saturated heterocycles. The zero-order valence-corrected chi connectivity index (χ0v) is 18.9. The topological polar surface area (TPSA) is 95.1 Å². The van der Waals surface area contributed by atoms with Crippen LogP contribution in [-0.2, 0) is 4.79 Å². The van der Waals surface area contributed by atoms with E-state index >= 15 is 0 Å². The summed E-state index contributed by atoms with van der Waals surface area (Å²) in [5.41, 5.74) is 4.76. The normalized spacial score (nSPS) is 18.3. The molecule has 1 amide bonds. The highest BCUT2D eigenvalue weighted by atomic mass is 32.1. The number of carbonyl (C=O) groups excluding carboxylic acids is 1. The zero-order chi connectivity index (χ0) is 22.8. The van der Waals surface area contributed by atoms with Gasteiger partial charge in [-0.25, -0.2) is 4.98 Å². The molecular formula is C26H25N3O3S. The number of benzene rings is 2. The number of aromatic nitrogens is 2. The molecule has 6 nitrogen and oxygen atoms in total. The fourth-order valence-electron chi connectivity index (χ4n) is 4.68. The van der Waals surface area contributed by atoms with Gasteiger partial charge in [0.05, 0.1) is 15.9 Å². The third-order valence-electron chi connectivity index (χ3n) is 6.45. The van der Waals surface area contributed by atoms with Gasteiger partial charge in [-0.3, -0.25) is 9.59 Å². The van der Waals surface area contributed by atoms with E-state index in [4.69, 9.17) is 10.1 Å². The van der Waals surface area contributed by atoms with Crippen molar-refractivity contribution in [2.24, 2.45) is 5.92 Å². The molecule has 0 unspecified atom stereocenters. The van der Waals surface area contributed by atoms with Crippen molar-refractivity contribution in [1.82, 2.24) is 9.97 Å². The molecule has 168 valence electrons. The summed E-state index contributed by atoms with van der Waals surface area (Å²) in [6.45, 7) is 0. The molecule has 2 aromatic carbocycles. The zero-order valence-electron chi connectivity index (χ0n) is 18.1. The van der Waals surface area contributed by atoms with E-state index < -0.39 is 5.97 Å². The number of carbonyl (C=O) groups is 2. The fourth-order valence-corrected chi connectivity index (χ4v) is 5.30. The van der Waals surface area contributed by atoms with Crippen LogP contribution in [0.1, 0.15) is 53.3 Å². The number of hydrogen-bond donors (Lipinski definition) is 3. The average Bonchev–Trinajstić information content (AvgIpc) is 3.49. The van der Waals surface area contributed by atoms with Gasteiger partial charge in [0.25, 0.3) is 5.91 Å². The molecule has 0 aliphatic heterocycles.